The molecule has 0 spiro atoms. The van der Waals surface area contributed by atoms with Gasteiger partial charge in [0.2, 0.25) is 0 Å². The van der Waals surface area contributed by atoms with Crippen LogP contribution in [0.2, 0.25) is 0 Å². The van der Waals surface area contributed by atoms with E-state index in [1.165, 1.54) is 18.3 Å². The number of hydrogen-bond acceptors (Lipinski definition) is 8. The van der Waals surface area contributed by atoms with Gasteiger partial charge in [0.1, 0.15) is 16.5 Å². The number of thiazole rings is 1. The third-order valence-electron chi connectivity index (χ3n) is 3.77. The van der Waals surface area contributed by atoms with Crippen molar-refractivity contribution in [3.8, 4) is 16.3 Å². The number of aryl methyl sites for hydroxylation is 1. The number of nitrogens with zero attached hydrogens (tertiary/aromatic N) is 2. The second-order valence-electron chi connectivity index (χ2n) is 5.99. The Hall–Kier alpha value is -3.20. The van der Waals surface area contributed by atoms with Crippen LogP contribution >= 0.6 is 11.3 Å². The van der Waals surface area contributed by atoms with Crippen molar-refractivity contribution in [2.75, 3.05) is 12.4 Å². The minimum absolute atomic E-state index is 0.0205. The van der Waals surface area contributed by atoms with Crippen LogP contribution in [0.4, 0.5) is 5.82 Å². The highest BCUT2D eigenvalue weighted by Gasteiger charge is 2.20. The third kappa shape index (κ3) is 4.95. The van der Waals surface area contributed by atoms with Gasteiger partial charge in [-0.2, -0.15) is 0 Å². The minimum Gasteiger partial charge on any atom is -0.497 e. The molecule has 1 N–H and O–H groups in total. The summed E-state index contributed by atoms with van der Waals surface area (Å²) in [6.45, 7) is 3.20. The molecule has 2 aromatic heterocycles. The molecular weight excluding hydrogens is 382 g/mol. The van der Waals surface area contributed by atoms with Gasteiger partial charge in [0.25, 0.3) is 5.91 Å². The van der Waals surface area contributed by atoms with Gasteiger partial charge in [-0.3, -0.25) is 9.59 Å². The molecule has 1 amide bonds. The number of ether oxygens (including phenoxy) is 2. The minimum atomic E-state index is -0.968. The molecule has 0 aliphatic rings. The van der Waals surface area contributed by atoms with Gasteiger partial charge in [0.05, 0.1) is 19.2 Å². The van der Waals surface area contributed by atoms with Crippen LogP contribution in [0, 0.1) is 6.92 Å². The number of hydrogen-bond donors (Lipinski definition) is 1. The van der Waals surface area contributed by atoms with Crippen LogP contribution in [0.5, 0.6) is 5.75 Å². The van der Waals surface area contributed by atoms with Crippen molar-refractivity contribution in [1.82, 2.24) is 10.1 Å². The summed E-state index contributed by atoms with van der Waals surface area (Å²) in [6.07, 6.45) is -0.989. The third-order valence-corrected chi connectivity index (χ3v) is 4.71. The number of carbonyl (C=O) groups excluding carboxylic acids is 2. The van der Waals surface area contributed by atoms with Crippen molar-refractivity contribution in [2.24, 2.45) is 0 Å². The zero-order valence-corrected chi connectivity index (χ0v) is 16.4. The maximum absolute atomic E-state index is 12.1. The largest absolute Gasteiger partial charge is 0.497 e. The van der Waals surface area contributed by atoms with Crippen LogP contribution < -0.4 is 10.1 Å². The van der Waals surface area contributed by atoms with Crippen LogP contribution in [-0.4, -0.2) is 35.2 Å². The van der Waals surface area contributed by atoms with E-state index in [2.05, 4.69) is 15.5 Å². The van der Waals surface area contributed by atoms with Crippen molar-refractivity contribution >= 4 is 29.0 Å². The second kappa shape index (κ2) is 8.66. The topological polar surface area (TPSA) is 104 Å². The Balaban J connectivity index is 1.54. The summed E-state index contributed by atoms with van der Waals surface area (Å²) >= 11 is 1.43. The maximum Gasteiger partial charge on any atom is 0.312 e. The number of amides is 1. The monoisotopic (exact) mass is 401 g/mol. The molecule has 0 radical (unpaired) electrons. The van der Waals surface area contributed by atoms with E-state index in [0.29, 0.717) is 11.5 Å². The van der Waals surface area contributed by atoms with Crippen molar-refractivity contribution in [3.05, 3.63) is 47.2 Å². The molecule has 9 heteroatoms. The zero-order valence-electron chi connectivity index (χ0n) is 15.6. The van der Waals surface area contributed by atoms with Crippen LogP contribution in [-0.2, 0) is 20.7 Å². The van der Waals surface area contributed by atoms with Crippen molar-refractivity contribution in [2.45, 2.75) is 26.4 Å². The summed E-state index contributed by atoms with van der Waals surface area (Å²) in [6, 6.07) is 9.07. The van der Waals surface area contributed by atoms with E-state index >= 15 is 0 Å². The van der Waals surface area contributed by atoms with E-state index in [9.17, 15) is 9.59 Å². The van der Waals surface area contributed by atoms with Crippen molar-refractivity contribution in [1.29, 1.82) is 0 Å². The number of methoxy groups -OCH3 is 1. The molecule has 0 bridgehead atoms. The van der Waals surface area contributed by atoms with Crippen LogP contribution in [0.1, 0.15) is 18.4 Å². The zero-order chi connectivity index (χ0) is 20.1. The summed E-state index contributed by atoms with van der Waals surface area (Å²) < 4.78 is 15.2. The van der Waals surface area contributed by atoms with E-state index in [4.69, 9.17) is 14.0 Å². The Morgan fingerprint density at radius 3 is 2.68 bits per heavy atom. The number of rotatable bonds is 7. The summed E-state index contributed by atoms with van der Waals surface area (Å²) in [5.41, 5.74) is 1.52. The number of aromatic nitrogens is 2. The van der Waals surface area contributed by atoms with Crippen LogP contribution in [0.25, 0.3) is 10.6 Å². The average Bonchev–Trinajstić information content (AvgIpc) is 3.30. The molecular formula is C19H19N3O5S. The van der Waals surface area contributed by atoms with Gasteiger partial charge in [-0.1, -0.05) is 5.16 Å². The lowest BCUT2D eigenvalue weighted by atomic mass is 10.2. The molecule has 0 saturated heterocycles. The molecule has 2 heterocycles. The Morgan fingerprint density at radius 2 is 2.04 bits per heavy atom. The molecule has 0 aliphatic carbocycles. The average molecular weight is 401 g/mol. The molecule has 1 atom stereocenters. The number of anilines is 1. The molecule has 0 aliphatic heterocycles. The predicted octanol–water partition coefficient (Wildman–Crippen LogP) is 3.23. The van der Waals surface area contributed by atoms with E-state index in [1.54, 1.807) is 25.5 Å². The van der Waals surface area contributed by atoms with Gasteiger partial charge < -0.3 is 19.3 Å². The fraction of sp³-hybridized carbons (Fsp3) is 0.263. The number of benzene rings is 1. The first-order valence-corrected chi connectivity index (χ1v) is 9.35. The van der Waals surface area contributed by atoms with E-state index in [-0.39, 0.29) is 12.2 Å². The molecule has 146 valence electrons. The number of carbonyl (C=O) groups is 2. The summed E-state index contributed by atoms with van der Waals surface area (Å²) in [5.74, 6) is 0.576. The van der Waals surface area contributed by atoms with Gasteiger partial charge >= 0.3 is 5.97 Å². The highest BCUT2D eigenvalue weighted by atomic mass is 32.1. The molecule has 0 saturated carbocycles. The fourth-order valence-electron chi connectivity index (χ4n) is 2.35. The quantitative estimate of drug-likeness (QED) is 0.606. The molecule has 1 aromatic carbocycles. The predicted molar refractivity (Wildman–Crippen MR) is 103 cm³/mol. The molecule has 3 aromatic rings. The molecule has 28 heavy (non-hydrogen) atoms. The van der Waals surface area contributed by atoms with E-state index in [1.807, 2.05) is 24.3 Å². The summed E-state index contributed by atoms with van der Waals surface area (Å²) in [7, 11) is 1.61. The molecule has 3 rings (SSSR count). The van der Waals surface area contributed by atoms with E-state index < -0.39 is 18.0 Å². The normalized spacial score (nSPS) is 11.7. The standard InChI is InChI=1S/C19H19N3O5S/c1-11-8-16(22-27-11)21-18(24)12(2)26-17(23)9-14-10-28-19(20-14)13-4-6-15(25-3)7-5-13/h4-8,10,12H,9H2,1-3H3,(H,21,22,24)/t12-/m0/s1. The lowest BCUT2D eigenvalue weighted by Gasteiger charge is -2.11. The fourth-order valence-corrected chi connectivity index (χ4v) is 3.17. The lowest BCUT2D eigenvalue weighted by Crippen LogP contribution is -2.30. The first-order valence-electron chi connectivity index (χ1n) is 8.47. The van der Waals surface area contributed by atoms with E-state index in [0.717, 1.165) is 16.3 Å². The van der Waals surface area contributed by atoms with Gasteiger partial charge in [-0.15, -0.1) is 11.3 Å². The van der Waals surface area contributed by atoms with Crippen molar-refractivity contribution in [3.63, 3.8) is 0 Å². The summed E-state index contributed by atoms with van der Waals surface area (Å²) in [4.78, 5) is 28.6. The summed E-state index contributed by atoms with van der Waals surface area (Å²) in [5, 5.41) is 8.77. The smallest absolute Gasteiger partial charge is 0.312 e. The van der Waals surface area contributed by atoms with Gasteiger partial charge in [-0.05, 0) is 38.1 Å². The van der Waals surface area contributed by atoms with Gasteiger partial charge in [0, 0.05) is 17.0 Å². The maximum atomic E-state index is 12.1. The lowest BCUT2D eigenvalue weighted by molar-refractivity contribution is -0.152. The molecule has 8 nitrogen and oxygen atoms in total. The van der Waals surface area contributed by atoms with Gasteiger partial charge in [-0.25, -0.2) is 4.98 Å². The molecule has 0 fully saturated rings. The second-order valence-corrected chi connectivity index (χ2v) is 6.85. The Bertz CT molecular complexity index is 964. The Kier molecular flexibility index (Phi) is 6.05. The highest BCUT2D eigenvalue weighted by Crippen LogP contribution is 2.26. The number of nitrogens with one attached hydrogen (secondary N) is 1. The first-order chi connectivity index (χ1) is 13.4. The highest BCUT2D eigenvalue weighted by molar-refractivity contribution is 7.13. The first kappa shape index (κ1) is 19.6. The number of esters is 1. The van der Waals surface area contributed by atoms with Crippen LogP contribution in [0.3, 0.4) is 0 Å². The Morgan fingerprint density at radius 1 is 1.29 bits per heavy atom. The van der Waals surface area contributed by atoms with Crippen LogP contribution in [0.15, 0.2) is 40.2 Å². The Labute approximate surface area is 165 Å². The van der Waals surface area contributed by atoms with Gasteiger partial charge in [0.15, 0.2) is 11.9 Å². The van der Waals surface area contributed by atoms with Crippen molar-refractivity contribution < 1.29 is 23.6 Å². The molecule has 0 unspecified atom stereocenters. The SMILES string of the molecule is COc1ccc(-c2nc(CC(=O)O[C@@H](C)C(=O)Nc3cc(C)on3)cs2)cc1.